The zero-order valence-corrected chi connectivity index (χ0v) is 10.00. The van der Waals surface area contributed by atoms with Crippen LogP contribution in [0, 0.1) is 13.8 Å². The Labute approximate surface area is 95.3 Å². The van der Waals surface area contributed by atoms with E-state index in [1.165, 1.54) is 0 Å². The van der Waals surface area contributed by atoms with Gasteiger partial charge in [-0.2, -0.15) is 0 Å². The molecule has 4 nitrogen and oxygen atoms in total. The Hall–Kier alpha value is -1.84. The van der Waals surface area contributed by atoms with Crippen molar-refractivity contribution in [2.45, 2.75) is 27.7 Å². The summed E-state index contributed by atoms with van der Waals surface area (Å²) in [4.78, 5) is 15.9. The molecule has 1 rings (SSSR count). The molecule has 4 heteroatoms. The molecular formula is C12H16N2O2. The van der Waals surface area contributed by atoms with Gasteiger partial charge in [-0.05, 0) is 39.3 Å². The second kappa shape index (κ2) is 5.30. The van der Waals surface area contributed by atoms with Gasteiger partial charge in [0.15, 0.2) is 0 Å². The minimum atomic E-state index is -0.576. The number of rotatable bonds is 2. The topological polar surface area (TPSA) is 50.7 Å². The molecule has 1 amide bonds. The van der Waals surface area contributed by atoms with E-state index >= 15 is 0 Å². The monoisotopic (exact) mass is 220 g/mol. The number of hydrogen-bond acceptors (Lipinski definition) is 3. The van der Waals surface area contributed by atoms with Crippen molar-refractivity contribution >= 4 is 17.5 Å². The lowest BCUT2D eigenvalue weighted by molar-refractivity contribution is 0.166. The first kappa shape index (κ1) is 12.2. The average Bonchev–Trinajstić information content (AvgIpc) is 2.19. The highest BCUT2D eigenvalue weighted by Crippen LogP contribution is 2.16. The van der Waals surface area contributed by atoms with Crippen molar-refractivity contribution in [1.29, 1.82) is 0 Å². The van der Waals surface area contributed by atoms with Gasteiger partial charge in [0.25, 0.3) is 0 Å². The maximum atomic E-state index is 11.3. The number of benzene rings is 1. The van der Waals surface area contributed by atoms with Crippen LogP contribution in [0.25, 0.3) is 0 Å². The highest BCUT2D eigenvalue weighted by atomic mass is 16.7. The number of nitrogens with zero attached hydrogens (tertiary/aromatic N) is 1. The molecule has 86 valence electrons. The Balaban J connectivity index is 2.66. The molecule has 0 saturated heterocycles. The Morgan fingerprint density at radius 1 is 1.31 bits per heavy atom. The highest BCUT2D eigenvalue weighted by molar-refractivity contribution is 5.86. The van der Waals surface area contributed by atoms with E-state index in [0.29, 0.717) is 5.71 Å². The second-order valence-corrected chi connectivity index (χ2v) is 3.86. The van der Waals surface area contributed by atoms with Crippen LogP contribution in [0.1, 0.15) is 25.0 Å². The summed E-state index contributed by atoms with van der Waals surface area (Å²) in [6.45, 7) is 7.44. The van der Waals surface area contributed by atoms with Crippen LogP contribution < -0.4 is 5.32 Å². The maximum absolute atomic E-state index is 11.3. The van der Waals surface area contributed by atoms with Crippen molar-refractivity contribution in [1.82, 2.24) is 0 Å². The van der Waals surface area contributed by atoms with Gasteiger partial charge in [0, 0.05) is 5.69 Å². The second-order valence-electron chi connectivity index (χ2n) is 3.86. The van der Waals surface area contributed by atoms with E-state index in [0.717, 1.165) is 16.8 Å². The molecule has 0 aromatic heterocycles. The van der Waals surface area contributed by atoms with Crippen molar-refractivity contribution in [3.05, 3.63) is 29.3 Å². The molecule has 0 bridgehead atoms. The first-order valence-corrected chi connectivity index (χ1v) is 5.05. The van der Waals surface area contributed by atoms with Gasteiger partial charge in [-0.3, -0.25) is 10.2 Å². The number of anilines is 1. The normalized spacial score (nSPS) is 9.50. The third-order valence-corrected chi connectivity index (χ3v) is 1.93. The van der Waals surface area contributed by atoms with Gasteiger partial charge in [0.1, 0.15) is 0 Å². The lowest BCUT2D eigenvalue weighted by Crippen LogP contribution is -2.12. The van der Waals surface area contributed by atoms with Crippen LogP contribution in [-0.4, -0.2) is 11.8 Å². The molecule has 0 aliphatic rings. The summed E-state index contributed by atoms with van der Waals surface area (Å²) >= 11 is 0. The number of amides is 1. The van der Waals surface area contributed by atoms with Crippen LogP contribution in [0.15, 0.2) is 23.4 Å². The van der Waals surface area contributed by atoms with E-state index in [1.807, 2.05) is 32.0 Å². The van der Waals surface area contributed by atoms with E-state index in [2.05, 4.69) is 15.3 Å². The van der Waals surface area contributed by atoms with Crippen LogP contribution >= 0.6 is 0 Å². The predicted molar refractivity (Wildman–Crippen MR) is 64.8 cm³/mol. The van der Waals surface area contributed by atoms with Gasteiger partial charge < -0.3 is 0 Å². The number of nitrogens with one attached hydrogen (secondary N) is 1. The molecule has 0 spiro atoms. The minimum absolute atomic E-state index is 0.576. The molecule has 0 unspecified atom stereocenters. The van der Waals surface area contributed by atoms with Crippen molar-refractivity contribution in [2.75, 3.05) is 5.32 Å². The largest absolute Gasteiger partial charge is 0.437 e. The van der Waals surface area contributed by atoms with Gasteiger partial charge >= 0.3 is 6.09 Å². The minimum Gasteiger partial charge on any atom is -0.298 e. The number of hydrogen-bond donors (Lipinski definition) is 1. The van der Waals surface area contributed by atoms with Crippen LogP contribution in [0.3, 0.4) is 0 Å². The maximum Gasteiger partial charge on any atom is 0.437 e. The molecule has 0 saturated carbocycles. The first-order chi connectivity index (χ1) is 7.49. The third kappa shape index (κ3) is 3.73. The summed E-state index contributed by atoms with van der Waals surface area (Å²) in [7, 11) is 0. The fourth-order valence-electron chi connectivity index (χ4n) is 1.22. The van der Waals surface area contributed by atoms with Crippen LogP contribution in [-0.2, 0) is 4.84 Å². The highest BCUT2D eigenvalue weighted by Gasteiger charge is 2.05. The van der Waals surface area contributed by atoms with Gasteiger partial charge in [-0.1, -0.05) is 22.9 Å². The SMILES string of the molecule is CC(C)=NOC(=O)Nc1ccc(C)cc1C. The zero-order valence-electron chi connectivity index (χ0n) is 10.00. The smallest absolute Gasteiger partial charge is 0.298 e. The molecule has 1 aromatic rings. The lowest BCUT2D eigenvalue weighted by Gasteiger charge is -2.07. The molecule has 0 radical (unpaired) electrons. The van der Waals surface area contributed by atoms with E-state index in [4.69, 9.17) is 0 Å². The number of oxime groups is 1. The molecule has 0 aliphatic carbocycles. The van der Waals surface area contributed by atoms with Crippen LogP contribution in [0.5, 0.6) is 0 Å². The van der Waals surface area contributed by atoms with Gasteiger partial charge in [-0.15, -0.1) is 0 Å². The van der Waals surface area contributed by atoms with Crippen molar-refractivity contribution in [2.24, 2.45) is 5.16 Å². The Morgan fingerprint density at radius 2 is 2.00 bits per heavy atom. The summed E-state index contributed by atoms with van der Waals surface area (Å²) in [6.07, 6.45) is -0.576. The Morgan fingerprint density at radius 3 is 2.56 bits per heavy atom. The summed E-state index contributed by atoms with van der Waals surface area (Å²) in [5.74, 6) is 0. The van der Waals surface area contributed by atoms with Crippen molar-refractivity contribution < 1.29 is 9.63 Å². The summed E-state index contributed by atoms with van der Waals surface area (Å²) in [5.41, 5.74) is 3.57. The number of carbonyl (C=O) groups excluding carboxylic acids is 1. The van der Waals surface area contributed by atoms with Crippen LogP contribution in [0.2, 0.25) is 0 Å². The van der Waals surface area contributed by atoms with Gasteiger partial charge in [-0.25, -0.2) is 4.79 Å². The van der Waals surface area contributed by atoms with Crippen molar-refractivity contribution in [3.8, 4) is 0 Å². The molecule has 0 atom stereocenters. The average molecular weight is 220 g/mol. The molecule has 0 aliphatic heterocycles. The quantitative estimate of drug-likeness (QED) is 0.472. The molecular weight excluding hydrogens is 204 g/mol. The molecule has 0 fully saturated rings. The van der Waals surface area contributed by atoms with Gasteiger partial charge in [0.05, 0.1) is 5.71 Å². The molecule has 1 aromatic carbocycles. The van der Waals surface area contributed by atoms with Gasteiger partial charge in [0.2, 0.25) is 0 Å². The predicted octanol–water partition coefficient (Wildman–Crippen LogP) is 3.25. The fourth-order valence-corrected chi connectivity index (χ4v) is 1.22. The van der Waals surface area contributed by atoms with E-state index < -0.39 is 6.09 Å². The standard InChI is InChI=1S/C12H16N2O2/c1-8(2)14-16-12(15)13-11-6-5-9(3)7-10(11)4/h5-7H,1-4H3,(H,13,15). The summed E-state index contributed by atoms with van der Waals surface area (Å²) in [6, 6.07) is 5.76. The van der Waals surface area contributed by atoms with E-state index in [-0.39, 0.29) is 0 Å². The Bertz CT molecular complexity index is 421. The van der Waals surface area contributed by atoms with E-state index in [9.17, 15) is 4.79 Å². The molecule has 0 heterocycles. The number of carbonyl (C=O) groups is 1. The van der Waals surface area contributed by atoms with E-state index in [1.54, 1.807) is 13.8 Å². The third-order valence-electron chi connectivity index (χ3n) is 1.93. The lowest BCUT2D eigenvalue weighted by atomic mass is 10.1. The summed E-state index contributed by atoms with van der Waals surface area (Å²) in [5, 5.41) is 6.20. The van der Waals surface area contributed by atoms with Crippen LogP contribution in [0.4, 0.5) is 10.5 Å². The zero-order chi connectivity index (χ0) is 12.1. The Kier molecular flexibility index (Phi) is 4.05. The molecule has 1 N–H and O–H groups in total. The number of aryl methyl sites for hydroxylation is 2. The first-order valence-electron chi connectivity index (χ1n) is 5.05. The summed E-state index contributed by atoms with van der Waals surface area (Å²) < 4.78 is 0. The molecule has 16 heavy (non-hydrogen) atoms. The van der Waals surface area contributed by atoms with Crippen molar-refractivity contribution in [3.63, 3.8) is 0 Å². The fraction of sp³-hybridized carbons (Fsp3) is 0.333.